The number of carbonyl (C=O) groups is 1. The normalized spacial score (nSPS) is 29.3. The van der Waals surface area contributed by atoms with Gasteiger partial charge in [0, 0.05) is 24.7 Å². The Balaban J connectivity index is 0.000000277. The van der Waals surface area contributed by atoms with E-state index in [2.05, 4.69) is 17.1 Å². The highest BCUT2D eigenvalue weighted by Crippen LogP contribution is 2.40. The van der Waals surface area contributed by atoms with Crippen LogP contribution in [0.2, 0.25) is 0 Å². The van der Waals surface area contributed by atoms with E-state index in [0.717, 1.165) is 5.92 Å². The average Bonchev–Trinajstić information content (AvgIpc) is 2.96. The molecule has 1 spiro atoms. The number of nitrogens with zero attached hydrogens (tertiary/aromatic N) is 1. The molecule has 2 atom stereocenters. The Hall–Kier alpha value is -1.08. The van der Waals surface area contributed by atoms with Gasteiger partial charge in [-0.25, -0.2) is 4.79 Å². The van der Waals surface area contributed by atoms with E-state index in [9.17, 15) is 13.2 Å². The highest BCUT2D eigenvalue weighted by Gasteiger charge is 2.39. The smallest absolute Gasteiger partial charge is 0.475 e. The van der Waals surface area contributed by atoms with Crippen molar-refractivity contribution >= 4 is 5.97 Å². The van der Waals surface area contributed by atoms with Crippen LogP contribution in [-0.2, 0) is 4.79 Å². The van der Waals surface area contributed by atoms with Crippen molar-refractivity contribution in [2.75, 3.05) is 13.1 Å². The van der Waals surface area contributed by atoms with Crippen molar-refractivity contribution in [3.8, 4) is 0 Å². The second kappa shape index (κ2) is 8.54. The molecule has 0 bridgehead atoms. The topological polar surface area (TPSA) is 66.6 Å². The summed E-state index contributed by atoms with van der Waals surface area (Å²) in [6.07, 6.45) is 12.1. The van der Waals surface area contributed by atoms with E-state index in [1.54, 1.807) is 0 Å². The standard InChI is InChI=1S/C16H28N2.C2HF3O2/c17-15-7-6-14(12-15)13-18-11-5-4-10-16(18)8-2-1-3-9-16;3-2(4,5)1(6)7/h4-5,14-15H,1-3,6-13,17H2;(H,6,7)/t14-,15+;/m0./s1. The molecule has 144 valence electrons. The first-order valence-corrected chi connectivity index (χ1v) is 9.19. The van der Waals surface area contributed by atoms with Crippen molar-refractivity contribution < 1.29 is 23.1 Å². The lowest BCUT2D eigenvalue weighted by Gasteiger charge is -2.49. The largest absolute Gasteiger partial charge is 0.490 e. The SMILES string of the molecule is N[C@@H]1CC[C@H](CN2CC=CCC23CCCCC3)C1.O=C(O)C(F)(F)F. The molecule has 25 heavy (non-hydrogen) atoms. The van der Waals surface area contributed by atoms with E-state index >= 15 is 0 Å². The van der Waals surface area contributed by atoms with Crippen molar-refractivity contribution in [1.29, 1.82) is 0 Å². The van der Waals surface area contributed by atoms with Crippen LogP contribution < -0.4 is 5.73 Å². The summed E-state index contributed by atoms with van der Waals surface area (Å²) >= 11 is 0. The Morgan fingerprint density at radius 3 is 2.36 bits per heavy atom. The molecule has 0 amide bonds. The van der Waals surface area contributed by atoms with Crippen LogP contribution in [0.3, 0.4) is 0 Å². The van der Waals surface area contributed by atoms with Gasteiger partial charge in [-0.2, -0.15) is 13.2 Å². The average molecular weight is 362 g/mol. The fourth-order valence-electron chi connectivity index (χ4n) is 4.42. The van der Waals surface area contributed by atoms with Gasteiger partial charge in [0.05, 0.1) is 0 Å². The maximum absolute atomic E-state index is 10.6. The second-order valence-electron chi connectivity index (χ2n) is 7.61. The minimum atomic E-state index is -5.08. The molecule has 2 fully saturated rings. The molecule has 0 radical (unpaired) electrons. The van der Waals surface area contributed by atoms with Crippen LogP contribution in [0.25, 0.3) is 0 Å². The molecule has 4 nitrogen and oxygen atoms in total. The van der Waals surface area contributed by atoms with Crippen LogP contribution in [0.5, 0.6) is 0 Å². The summed E-state index contributed by atoms with van der Waals surface area (Å²) in [5, 5.41) is 7.12. The highest BCUT2D eigenvalue weighted by molar-refractivity contribution is 5.73. The monoisotopic (exact) mass is 362 g/mol. The lowest BCUT2D eigenvalue weighted by atomic mass is 9.76. The summed E-state index contributed by atoms with van der Waals surface area (Å²) in [6, 6.07) is 0.484. The summed E-state index contributed by atoms with van der Waals surface area (Å²) in [6.45, 7) is 2.49. The quantitative estimate of drug-likeness (QED) is 0.735. The van der Waals surface area contributed by atoms with Gasteiger partial charge in [0.2, 0.25) is 0 Å². The first kappa shape index (κ1) is 20.2. The number of alkyl halides is 3. The predicted molar refractivity (Wildman–Crippen MR) is 90.2 cm³/mol. The number of hydrogen-bond donors (Lipinski definition) is 2. The van der Waals surface area contributed by atoms with E-state index in [0.29, 0.717) is 11.6 Å². The van der Waals surface area contributed by atoms with E-state index in [-0.39, 0.29) is 0 Å². The minimum absolute atomic E-state index is 0.484. The molecule has 1 aliphatic heterocycles. The fraction of sp³-hybridized carbons (Fsp3) is 0.833. The molecule has 0 unspecified atom stereocenters. The molecule has 0 aromatic carbocycles. The van der Waals surface area contributed by atoms with Crippen LogP contribution in [0.4, 0.5) is 13.2 Å². The van der Waals surface area contributed by atoms with Crippen LogP contribution in [0.1, 0.15) is 57.8 Å². The number of halogens is 3. The van der Waals surface area contributed by atoms with Gasteiger partial charge < -0.3 is 10.8 Å². The summed E-state index contributed by atoms with van der Waals surface area (Å²) in [7, 11) is 0. The zero-order valence-corrected chi connectivity index (χ0v) is 14.6. The Labute approximate surface area is 147 Å². The number of aliphatic carboxylic acids is 1. The first-order valence-electron chi connectivity index (χ1n) is 9.19. The zero-order chi connectivity index (χ0) is 18.5. The van der Waals surface area contributed by atoms with Gasteiger partial charge in [-0.3, -0.25) is 4.90 Å². The molecule has 1 heterocycles. The van der Waals surface area contributed by atoms with E-state index < -0.39 is 12.1 Å². The third kappa shape index (κ3) is 5.71. The number of carboxylic acids is 1. The number of carboxylic acid groups (broad SMARTS) is 1. The van der Waals surface area contributed by atoms with Gasteiger partial charge >= 0.3 is 12.1 Å². The predicted octanol–water partition coefficient (Wildman–Crippen LogP) is 3.71. The van der Waals surface area contributed by atoms with Gasteiger partial charge in [-0.15, -0.1) is 0 Å². The minimum Gasteiger partial charge on any atom is -0.475 e. The van der Waals surface area contributed by atoms with Gasteiger partial charge in [0.1, 0.15) is 0 Å². The maximum atomic E-state index is 10.6. The lowest BCUT2D eigenvalue weighted by Crippen LogP contribution is -2.52. The van der Waals surface area contributed by atoms with Crippen molar-refractivity contribution in [1.82, 2.24) is 4.90 Å². The molecule has 0 saturated heterocycles. The van der Waals surface area contributed by atoms with E-state index in [1.807, 2.05) is 0 Å². The van der Waals surface area contributed by atoms with Crippen LogP contribution in [-0.4, -0.2) is 46.8 Å². The molecule has 3 rings (SSSR count). The van der Waals surface area contributed by atoms with Crippen molar-refractivity contribution in [2.45, 2.75) is 75.5 Å². The van der Waals surface area contributed by atoms with E-state index in [1.165, 1.54) is 70.9 Å². The molecular formula is C18H29F3N2O2. The van der Waals surface area contributed by atoms with Crippen LogP contribution in [0, 0.1) is 5.92 Å². The first-order chi connectivity index (χ1) is 11.7. The Kier molecular flexibility index (Phi) is 6.91. The number of rotatable bonds is 2. The highest BCUT2D eigenvalue weighted by atomic mass is 19.4. The molecule has 3 aliphatic rings. The molecule has 2 aliphatic carbocycles. The maximum Gasteiger partial charge on any atom is 0.490 e. The van der Waals surface area contributed by atoms with Crippen LogP contribution >= 0.6 is 0 Å². The Morgan fingerprint density at radius 1 is 1.20 bits per heavy atom. The molecule has 7 heteroatoms. The fourth-order valence-corrected chi connectivity index (χ4v) is 4.42. The van der Waals surface area contributed by atoms with Crippen molar-refractivity contribution in [3.05, 3.63) is 12.2 Å². The molecular weight excluding hydrogens is 333 g/mol. The van der Waals surface area contributed by atoms with Crippen molar-refractivity contribution in [3.63, 3.8) is 0 Å². The number of hydrogen-bond acceptors (Lipinski definition) is 3. The van der Waals surface area contributed by atoms with Gasteiger partial charge in [0.25, 0.3) is 0 Å². The molecule has 2 saturated carbocycles. The molecule has 3 N–H and O–H groups in total. The third-order valence-electron chi connectivity index (χ3n) is 5.75. The van der Waals surface area contributed by atoms with Gasteiger partial charge in [0.15, 0.2) is 0 Å². The molecule has 0 aromatic heterocycles. The summed E-state index contributed by atoms with van der Waals surface area (Å²) < 4.78 is 31.7. The van der Waals surface area contributed by atoms with E-state index in [4.69, 9.17) is 15.6 Å². The molecule has 0 aromatic rings. The van der Waals surface area contributed by atoms with Gasteiger partial charge in [-0.1, -0.05) is 31.4 Å². The van der Waals surface area contributed by atoms with Crippen molar-refractivity contribution in [2.24, 2.45) is 11.7 Å². The summed E-state index contributed by atoms with van der Waals surface area (Å²) in [5.74, 6) is -1.89. The van der Waals surface area contributed by atoms with Gasteiger partial charge in [-0.05, 0) is 44.4 Å². The second-order valence-corrected chi connectivity index (χ2v) is 7.61. The summed E-state index contributed by atoms with van der Waals surface area (Å²) in [5.41, 5.74) is 6.60. The van der Waals surface area contributed by atoms with Crippen LogP contribution in [0.15, 0.2) is 12.2 Å². The Bertz CT molecular complexity index is 473. The number of nitrogens with two attached hydrogens (primary N) is 1. The zero-order valence-electron chi connectivity index (χ0n) is 14.6. The lowest BCUT2D eigenvalue weighted by molar-refractivity contribution is -0.192. The Morgan fingerprint density at radius 2 is 1.84 bits per heavy atom. The third-order valence-corrected chi connectivity index (χ3v) is 5.75. The summed E-state index contributed by atoms with van der Waals surface area (Å²) in [4.78, 5) is 11.7.